The average Bonchev–Trinajstić information content (AvgIpc) is 2.91. The zero-order chi connectivity index (χ0) is 26.0. The summed E-state index contributed by atoms with van der Waals surface area (Å²) in [6, 6.07) is 30.6. The van der Waals surface area contributed by atoms with Crippen molar-refractivity contribution in [1.29, 1.82) is 0 Å². The summed E-state index contributed by atoms with van der Waals surface area (Å²) >= 11 is 0. The van der Waals surface area contributed by atoms with E-state index in [2.05, 4.69) is 5.32 Å². The minimum absolute atomic E-state index is 0.181. The van der Waals surface area contributed by atoms with Gasteiger partial charge in [0.15, 0.2) is 0 Å². The predicted octanol–water partition coefficient (Wildman–Crippen LogP) is 5.09. The number of nitrogens with two attached hydrogens (primary N) is 1. The number of hydrogen-bond acceptors (Lipinski definition) is 4. The number of primary amides is 1. The normalized spacial score (nSPS) is 12.4. The van der Waals surface area contributed by atoms with Crippen LogP contribution in [-0.2, 0) is 27.4 Å². The first kappa shape index (κ1) is 25.6. The maximum atomic E-state index is 14.1. The molecular weight excluding hydrogens is 471 g/mol. The Balaban J connectivity index is 1.55. The molecule has 0 spiro atoms. The SMILES string of the molecule is NC(=O)C(NC(=O)Cc1ccccc1F)C(OCc1ccccc1)c1ccc(Oc2ccccc2)cc1. The summed E-state index contributed by atoms with van der Waals surface area (Å²) in [5, 5.41) is 2.65. The van der Waals surface area contributed by atoms with Crippen LogP contribution in [0.1, 0.15) is 22.8 Å². The third kappa shape index (κ3) is 7.25. The number of carbonyl (C=O) groups excluding carboxylic acids is 2. The minimum atomic E-state index is -1.19. The summed E-state index contributed by atoms with van der Waals surface area (Å²) in [5.41, 5.74) is 7.43. The van der Waals surface area contributed by atoms with E-state index in [0.717, 1.165) is 5.56 Å². The number of ether oxygens (including phenoxy) is 2. The second-order valence-electron chi connectivity index (χ2n) is 8.42. The van der Waals surface area contributed by atoms with Crippen LogP contribution in [0.2, 0.25) is 0 Å². The van der Waals surface area contributed by atoms with Crippen molar-refractivity contribution in [3.63, 3.8) is 0 Å². The van der Waals surface area contributed by atoms with Crippen molar-refractivity contribution < 1.29 is 23.5 Å². The van der Waals surface area contributed by atoms with Crippen LogP contribution in [0.25, 0.3) is 0 Å². The molecule has 37 heavy (non-hydrogen) atoms. The molecule has 0 bridgehead atoms. The monoisotopic (exact) mass is 498 g/mol. The van der Waals surface area contributed by atoms with Crippen molar-refractivity contribution in [3.8, 4) is 11.5 Å². The van der Waals surface area contributed by atoms with Crippen LogP contribution in [0.15, 0.2) is 109 Å². The Hall–Kier alpha value is -4.49. The second kappa shape index (κ2) is 12.5. The third-order valence-electron chi connectivity index (χ3n) is 5.69. The number of hydrogen-bond donors (Lipinski definition) is 2. The molecule has 2 unspecified atom stereocenters. The fourth-order valence-electron chi connectivity index (χ4n) is 3.83. The number of benzene rings is 4. The van der Waals surface area contributed by atoms with Crippen molar-refractivity contribution in [2.24, 2.45) is 5.73 Å². The Kier molecular flexibility index (Phi) is 8.62. The molecule has 4 aromatic rings. The lowest BCUT2D eigenvalue weighted by atomic mass is 10.0. The third-order valence-corrected chi connectivity index (χ3v) is 5.69. The Labute approximate surface area is 214 Å². The summed E-state index contributed by atoms with van der Waals surface area (Å²) in [6.45, 7) is 0.181. The molecule has 0 aliphatic carbocycles. The summed E-state index contributed by atoms with van der Waals surface area (Å²) in [5.74, 6) is -0.548. The standard InChI is InChI=1S/C30H27FN2O4/c31-26-14-8-7-11-23(26)19-27(34)33-28(30(32)35)29(36-20-21-9-3-1-4-10-21)22-15-17-25(18-16-22)37-24-12-5-2-6-13-24/h1-18,28-29H,19-20H2,(H2,32,35)(H,33,34). The molecule has 0 aromatic heterocycles. The number of carbonyl (C=O) groups is 2. The highest BCUT2D eigenvalue weighted by atomic mass is 19.1. The largest absolute Gasteiger partial charge is 0.457 e. The number of para-hydroxylation sites is 1. The lowest BCUT2D eigenvalue weighted by Crippen LogP contribution is -2.49. The van der Waals surface area contributed by atoms with Gasteiger partial charge in [-0.1, -0.05) is 78.9 Å². The molecule has 188 valence electrons. The Morgan fingerprint density at radius 1 is 0.784 bits per heavy atom. The quantitative estimate of drug-likeness (QED) is 0.301. The molecule has 4 aromatic carbocycles. The van der Waals surface area contributed by atoms with E-state index in [1.54, 1.807) is 36.4 Å². The fourth-order valence-corrected chi connectivity index (χ4v) is 3.83. The van der Waals surface area contributed by atoms with Crippen LogP contribution < -0.4 is 15.8 Å². The molecule has 3 N–H and O–H groups in total. The molecule has 4 rings (SSSR count). The molecule has 0 aliphatic rings. The van der Waals surface area contributed by atoms with Crippen LogP contribution in [0, 0.1) is 5.82 Å². The molecule has 2 atom stereocenters. The average molecular weight is 499 g/mol. The smallest absolute Gasteiger partial charge is 0.243 e. The molecule has 2 amide bonds. The van der Waals surface area contributed by atoms with Crippen LogP contribution in [0.3, 0.4) is 0 Å². The second-order valence-corrected chi connectivity index (χ2v) is 8.42. The lowest BCUT2D eigenvalue weighted by Gasteiger charge is -2.27. The topological polar surface area (TPSA) is 90.7 Å². The lowest BCUT2D eigenvalue weighted by molar-refractivity contribution is -0.131. The molecule has 0 aliphatic heterocycles. The number of rotatable bonds is 11. The summed E-state index contributed by atoms with van der Waals surface area (Å²) in [4.78, 5) is 25.3. The zero-order valence-electron chi connectivity index (χ0n) is 20.0. The van der Waals surface area contributed by atoms with E-state index in [1.165, 1.54) is 12.1 Å². The number of halogens is 1. The molecule has 0 heterocycles. The van der Waals surface area contributed by atoms with E-state index in [-0.39, 0.29) is 18.6 Å². The van der Waals surface area contributed by atoms with E-state index >= 15 is 0 Å². The maximum Gasteiger partial charge on any atom is 0.243 e. The van der Waals surface area contributed by atoms with Gasteiger partial charge in [-0.2, -0.15) is 0 Å². The molecule has 6 nitrogen and oxygen atoms in total. The van der Waals surface area contributed by atoms with Crippen LogP contribution in [0.5, 0.6) is 11.5 Å². The van der Waals surface area contributed by atoms with Gasteiger partial charge in [-0.3, -0.25) is 9.59 Å². The van der Waals surface area contributed by atoms with Gasteiger partial charge in [-0.25, -0.2) is 4.39 Å². The van der Waals surface area contributed by atoms with Gasteiger partial charge >= 0.3 is 0 Å². The zero-order valence-corrected chi connectivity index (χ0v) is 20.0. The Bertz CT molecular complexity index is 1310. The van der Waals surface area contributed by atoms with Gasteiger partial charge in [0, 0.05) is 0 Å². The van der Waals surface area contributed by atoms with Crippen LogP contribution in [0.4, 0.5) is 4.39 Å². The molecule has 0 saturated heterocycles. The Morgan fingerprint density at radius 3 is 2.03 bits per heavy atom. The molecule has 7 heteroatoms. The Morgan fingerprint density at radius 2 is 1.38 bits per heavy atom. The summed E-state index contributed by atoms with van der Waals surface area (Å²) in [6.07, 6.45) is -1.14. The summed E-state index contributed by atoms with van der Waals surface area (Å²) in [7, 11) is 0. The van der Waals surface area contributed by atoms with Crippen LogP contribution in [-0.4, -0.2) is 17.9 Å². The van der Waals surface area contributed by atoms with Crippen molar-refractivity contribution in [2.75, 3.05) is 0 Å². The highest BCUT2D eigenvalue weighted by Crippen LogP contribution is 2.28. The first-order valence-electron chi connectivity index (χ1n) is 11.8. The minimum Gasteiger partial charge on any atom is -0.457 e. The fraction of sp³-hybridized carbons (Fsp3) is 0.133. The summed E-state index contributed by atoms with van der Waals surface area (Å²) < 4.78 is 26.1. The molecule has 0 radical (unpaired) electrons. The first-order valence-corrected chi connectivity index (χ1v) is 11.8. The molecule has 0 saturated carbocycles. The first-order chi connectivity index (χ1) is 18.0. The molecular formula is C30H27FN2O4. The van der Waals surface area contributed by atoms with Gasteiger partial charge in [0.2, 0.25) is 11.8 Å². The van der Waals surface area contributed by atoms with Gasteiger partial charge in [0.25, 0.3) is 0 Å². The van der Waals surface area contributed by atoms with E-state index in [0.29, 0.717) is 17.1 Å². The van der Waals surface area contributed by atoms with Gasteiger partial charge in [-0.15, -0.1) is 0 Å². The van der Waals surface area contributed by atoms with Gasteiger partial charge in [-0.05, 0) is 47.0 Å². The van der Waals surface area contributed by atoms with Crippen molar-refractivity contribution in [1.82, 2.24) is 5.32 Å². The van der Waals surface area contributed by atoms with Crippen molar-refractivity contribution in [2.45, 2.75) is 25.2 Å². The van der Waals surface area contributed by atoms with Crippen molar-refractivity contribution >= 4 is 11.8 Å². The van der Waals surface area contributed by atoms with E-state index in [4.69, 9.17) is 15.2 Å². The number of amides is 2. The van der Waals surface area contributed by atoms with E-state index in [1.807, 2.05) is 60.7 Å². The van der Waals surface area contributed by atoms with Crippen LogP contribution >= 0.6 is 0 Å². The predicted molar refractivity (Wildman–Crippen MR) is 138 cm³/mol. The maximum absolute atomic E-state index is 14.1. The van der Waals surface area contributed by atoms with Crippen molar-refractivity contribution in [3.05, 3.63) is 132 Å². The highest BCUT2D eigenvalue weighted by molar-refractivity contribution is 5.88. The molecule has 0 fully saturated rings. The van der Waals surface area contributed by atoms with E-state index < -0.39 is 29.8 Å². The van der Waals surface area contributed by atoms with Gasteiger partial charge < -0.3 is 20.5 Å². The highest BCUT2D eigenvalue weighted by Gasteiger charge is 2.31. The van der Waals surface area contributed by atoms with Gasteiger partial charge in [0.05, 0.1) is 13.0 Å². The van der Waals surface area contributed by atoms with E-state index in [9.17, 15) is 14.0 Å². The van der Waals surface area contributed by atoms with Gasteiger partial charge in [0.1, 0.15) is 29.5 Å². The number of nitrogens with one attached hydrogen (secondary N) is 1.